The molecular weight excluding hydrogens is 268 g/mol. The molecule has 0 unspecified atom stereocenters. The average molecular weight is 289 g/mol. The quantitative estimate of drug-likeness (QED) is 0.857. The molecule has 0 heterocycles. The molecule has 1 aromatic carbocycles. The molecule has 0 radical (unpaired) electrons. The number of likely N-dealkylation sites (N-methyl/N-ethyl adjacent to an activating group) is 1. The number of nitrogens with zero attached hydrogens (tertiary/aromatic N) is 1. The summed E-state index contributed by atoms with van der Waals surface area (Å²) in [7, 11) is 3.33. The van der Waals surface area contributed by atoms with E-state index in [1.807, 2.05) is 24.3 Å². The molecule has 0 spiro atoms. The van der Waals surface area contributed by atoms with Crippen molar-refractivity contribution in [3.05, 3.63) is 24.3 Å². The first-order valence-electron chi connectivity index (χ1n) is 5.82. The molecule has 19 heavy (non-hydrogen) atoms. The second-order valence-corrected chi connectivity index (χ2v) is 4.07. The second-order valence-electron chi connectivity index (χ2n) is 4.07. The highest BCUT2D eigenvalue weighted by Crippen LogP contribution is 2.16. The van der Waals surface area contributed by atoms with E-state index in [2.05, 4.69) is 0 Å². The predicted octanol–water partition coefficient (Wildman–Crippen LogP) is 1.30. The van der Waals surface area contributed by atoms with Crippen molar-refractivity contribution >= 4 is 18.3 Å². The zero-order chi connectivity index (χ0) is 13.5. The van der Waals surface area contributed by atoms with Crippen LogP contribution in [0.4, 0.5) is 0 Å². The van der Waals surface area contributed by atoms with Crippen LogP contribution in [-0.4, -0.2) is 44.2 Å². The number of amides is 1. The lowest BCUT2D eigenvalue weighted by Gasteiger charge is -2.19. The molecule has 0 aliphatic heterocycles. The number of halogens is 1. The van der Waals surface area contributed by atoms with Crippen molar-refractivity contribution in [3.8, 4) is 11.5 Å². The summed E-state index contributed by atoms with van der Waals surface area (Å²) in [5.74, 6) is 1.44. The molecule has 0 fully saturated rings. The maximum Gasteiger partial charge on any atom is 0.239 e. The van der Waals surface area contributed by atoms with Crippen LogP contribution < -0.4 is 15.2 Å². The highest BCUT2D eigenvalue weighted by atomic mass is 35.5. The summed E-state index contributed by atoms with van der Waals surface area (Å²) in [6.45, 7) is 2.61. The Morgan fingerprint density at radius 1 is 1.32 bits per heavy atom. The maximum atomic E-state index is 11.5. The van der Waals surface area contributed by atoms with E-state index in [1.54, 1.807) is 26.0 Å². The lowest BCUT2D eigenvalue weighted by Crippen LogP contribution is -2.41. The van der Waals surface area contributed by atoms with Crippen LogP contribution in [0.5, 0.6) is 11.5 Å². The van der Waals surface area contributed by atoms with E-state index in [0.717, 1.165) is 11.5 Å². The fourth-order valence-corrected chi connectivity index (χ4v) is 1.43. The fraction of sp³-hybridized carbons (Fsp3) is 0.462. The summed E-state index contributed by atoms with van der Waals surface area (Å²) in [4.78, 5) is 13.1. The molecule has 0 aliphatic rings. The van der Waals surface area contributed by atoms with E-state index in [1.165, 1.54) is 0 Å². The van der Waals surface area contributed by atoms with Gasteiger partial charge in [-0.2, -0.15) is 0 Å². The SMILES string of the molecule is COc1ccc(OCCN(C)C(=O)[C@H](C)N)cc1.Cl. The lowest BCUT2D eigenvalue weighted by molar-refractivity contribution is -0.131. The van der Waals surface area contributed by atoms with E-state index in [4.69, 9.17) is 15.2 Å². The zero-order valence-corrected chi connectivity index (χ0v) is 12.3. The molecule has 1 rings (SSSR count). The standard InChI is InChI=1S/C13H20N2O3.ClH/c1-10(14)13(16)15(2)8-9-18-12-6-4-11(17-3)5-7-12;/h4-7,10H,8-9,14H2,1-3H3;1H/t10-;/m0./s1. The van der Waals surface area contributed by atoms with Crippen LogP contribution in [0.25, 0.3) is 0 Å². The average Bonchev–Trinajstić information content (AvgIpc) is 2.38. The van der Waals surface area contributed by atoms with Crippen molar-refractivity contribution in [2.75, 3.05) is 27.3 Å². The minimum Gasteiger partial charge on any atom is -0.497 e. The van der Waals surface area contributed by atoms with Crippen LogP contribution in [0, 0.1) is 0 Å². The Hall–Kier alpha value is -1.46. The molecule has 1 atom stereocenters. The highest BCUT2D eigenvalue weighted by molar-refractivity contribution is 5.85. The molecule has 108 valence electrons. The van der Waals surface area contributed by atoms with Gasteiger partial charge in [-0.3, -0.25) is 4.79 Å². The van der Waals surface area contributed by atoms with Crippen molar-refractivity contribution in [1.82, 2.24) is 4.90 Å². The number of carbonyl (C=O) groups excluding carboxylic acids is 1. The molecule has 5 nitrogen and oxygen atoms in total. The van der Waals surface area contributed by atoms with Crippen LogP contribution in [0.15, 0.2) is 24.3 Å². The van der Waals surface area contributed by atoms with Crippen LogP contribution in [0.2, 0.25) is 0 Å². The molecule has 0 saturated heterocycles. The molecule has 1 amide bonds. The molecule has 0 bridgehead atoms. The summed E-state index contributed by atoms with van der Waals surface area (Å²) in [6, 6.07) is 6.83. The molecule has 0 aliphatic carbocycles. The minimum atomic E-state index is -0.476. The summed E-state index contributed by atoms with van der Waals surface area (Å²) >= 11 is 0. The normalized spacial score (nSPS) is 11.2. The summed E-state index contributed by atoms with van der Waals surface area (Å²) < 4.78 is 10.6. The first-order chi connectivity index (χ1) is 8.54. The third-order valence-corrected chi connectivity index (χ3v) is 2.52. The third-order valence-electron chi connectivity index (χ3n) is 2.52. The fourth-order valence-electron chi connectivity index (χ4n) is 1.43. The van der Waals surface area contributed by atoms with E-state index in [-0.39, 0.29) is 18.3 Å². The Kier molecular flexibility index (Phi) is 7.95. The van der Waals surface area contributed by atoms with Gasteiger partial charge in [-0.1, -0.05) is 0 Å². The van der Waals surface area contributed by atoms with Crippen molar-refractivity contribution in [3.63, 3.8) is 0 Å². The number of hydrogen-bond acceptors (Lipinski definition) is 4. The van der Waals surface area contributed by atoms with Crippen molar-refractivity contribution < 1.29 is 14.3 Å². The Morgan fingerprint density at radius 2 is 1.84 bits per heavy atom. The topological polar surface area (TPSA) is 64.8 Å². The van der Waals surface area contributed by atoms with Crippen LogP contribution in [0.3, 0.4) is 0 Å². The van der Waals surface area contributed by atoms with Gasteiger partial charge in [0.25, 0.3) is 0 Å². The van der Waals surface area contributed by atoms with Gasteiger partial charge in [0.1, 0.15) is 18.1 Å². The van der Waals surface area contributed by atoms with Crippen molar-refractivity contribution in [2.45, 2.75) is 13.0 Å². The molecule has 6 heteroatoms. The van der Waals surface area contributed by atoms with Gasteiger partial charge in [0.15, 0.2) is 0 Å². The maximum absolute atomic E-state index is 11.5. The smallest absolute Gasteiger partial charge is 0.239 e. The van der Waals surface area contributed by atoms with Gasteiger partial charge in [0.05, 0.1) is 19.7 Å². The summed E-state index contributed by atoms with van der Waals surface area (Å²) in [5, 5.41) is 0. The van der Waals surface area contributed by atoms with Crippen molar-refractivity contribution in [1.29, 1.82) is 0 Å². The van der Waals surface area contributed by atoms with Gasteiger partial charge < -0.3 is 20.1 Å². The molecular formula is C13H21ClN2O3. The van der Waals surface area contributed by atoms with E-state index in [9.17, 15) is 4.79 Å². The van der Waals surface area contributed by atoms with Gasteiger partial charge in [-0.15, -0.1) is 12.4 Å². The van der Waals surface area contributed by atoms with Crippen molar-refractivity contribution in [2.24, 2.45) is 5.73 Å². The lowest BCUT2D eigenvalue weighted by atomic mass is 10.3. The van der Waals surface area contributed by atoms with Gasteiger partial charge in [0.2, 0.25) is 5.91 Å². The Morgan fingerprint density at radius 3 is 2.32 bits per heavy atom. The number of methoxy groups -OCH3 is 1. The number of nitrogens with two attached hydrogens (primary N) is 1. The molecule has 2 N–H and O–H groups in total. The second kappa shape index (κ2) is 8.61. The molecule has 1 aromatic rings. The van der Waals surface area contributed by atoms with Gasteiger partial charge in [-0.25, -0.2) is 0 Å². The number of benzene rings is 1. The van der Waals surface area contributed by atoms with E-state index in [0.29, 0.717) is 13.2 Å². The molecule has 0 saturated carbocycles. The Labute approximate surface area is 120 Å². The summed E-state index contributed by atoms with van der Waals surface area (Å²) in [6.07, 6.45) is 0. The van der Waals surface area contributed by atoms with E-state index >= 15 is 0 Å². The largest absolute Gasteiger partial charge is 0.497 e. The number of carbonyl (C=O) groups is 1. The van der Waals surface area contributed by atoms with Gasteiger partial charge in [-0.05, 0) is 31.2 Å². The first-order valence-corrected chi connectivity index (χ1v) is 5.82. The predicted molar refractivity (Wildman–Crippen MR) is 77.0 cm³/mol. The number of rotatable bonds is 6. The minimum absolute atomic E-state index is 0. The van der Waals surface area contributed by atoms with E-state index < -0.39 is 6.04 Å². The third kappa shape index (κ3) is 5.81. The molecule has 0 aromatic heterocycles. The number of ether oxygens (including phenoxy) is 2. The Bertz CT molecular complexity index is 382. The van der Waals surface area contributed by atoms with Crippen LogP contribution in [0.1, 0.15) is 6.92 Å². The zero-order valence-electron chi connectivity index (χ0n) is 11.5. The van der Waals surface area contributed by atoms with Gasteiger partial charge >= 0.3 is 0 Å². The monoisotopic (exact) mass is 288 g/mol. The van der Waals surface area contributed by atoms with Gasteiger partial charge in [0, 0.05) is 7.05 Å². The highest BCUT2D eigenvalue weighted by Gasteiger charge is 2.12. The first kappa shape index (κ1) is 17.5. The Balaban J connectivity index is 0.00000324. The van der Waals surface area contributed by atoms with Crippen LogP contribution >= 0.6 is 12.4 Å². The number of hydrogen-bond donors (Lipinski definition) is 1. The summed E-state index contributed by atoms with van der Waals surface area (Å²) in [5.41, 5.74) is 5.51. The van der Waals surface area contributed by atoms with Crippen LogP contribution in [-0.2, 0) is 4.79 Å².